The van der Waals surface area contributed by atoms with Crippen molar-refractivity contribution in [1.82, 2.24) is 9.71 Å². The number of hydrogen-bond donors (Lipinski definition) is 2. The maximum Gasteiger partial charge on any atom is 0.269 e. The van der Waals surface area contributed by atoms with E-state index in [1.807, 2.05) is 25.1 Å². The van der Waals surface area contributed by atoms with Gasteiger partial charge in [0.25, 0.3) is 5.69 Å². The van der Waals surface area contributed by atoms with Crippen molar-refractivity contribution < 1.29 is 18.1 Å². The van der Waals surface area contributed by atoms with Crippen LogP contribution in [0, 0.1) is 17.0 Å². The Bertz CT molecular complexity index is 1140. The molecular formula is C17H16N4O5S2. The first-order valence-corrected chi connectivity index (χ1v) is 10.5. The van der Waals surface area contributed by atoms with Crippen LogP contribution in [-0.2, 0) is 14.8 Å². The molecule has 0 atom stereocenters. The van der Waals surface area contributed by atoms with Gasteiger partial charge < -0.3 is 5.32 Å². The van der Waals surface area contributed by atoms with E-state index in [1.165, 1.54) is 11.3 Å². The first kappa shape index (κ1) is 19.9. The van der Waals surface area contributed by atoms with Crippen molar-refractivity contribution in [2.45, 2.75) is 18.2 Å². The second-order valence-electron chi connectivity index (χ2n) is 5.89. The molecule has 3 rings (SSSR count). The van der Waals surface area contributed by atoms with Crippen LogP contribution in [0.2, 0.25) is 0 Å². The molecule has 3 aromatic rings. The quantitative estimate of drug-likeness (QED) is 0.446. The number of carbonyl (C=O) groups excluding carboxylic acids is 1. The van der Waals surface area contributed by atoms with Gasteiger partial charge in [0.2, 0.25) is 15.9 Å². The normalized spacial score (nSPS) is 11.5. The van der Waals surface area contributed by atoms with Gasteiger partial charge in [-0.1, -0.05) is 23.5 Å². The minimum atomic E-state index is -3.86. The number of benzene rings is 2. The zero-order valence-electron chi connectivity index (χ0n) is 14.7. The molecule has 1 amide bonds. The molecule has 28 heavy (non-hydrogen) atoms. The molecule has 2 aromatic carbocycles. The van der Waals surface area contributed by atoms with Crippen molar-refractivity contribution in [3.05, 3.63) is 58.1 Å². The second kappa shape index (κ2) is 8.00. The van der Waals surface area contributed by atoms with E-state index in [9.17, 15) is 23.3 Å². The fraction of sp³-hybridized carbons (Fsp3) is 0.176. The summed E-state index contributed by atoms with van der Waals surface area (Å²) in [5, 5.41) is 13.7. The molecule has 0 aliphatic carbocycles. The Morgan fingerprint density at radius 2 is 1.93 bits per heavy atom. The number of non-ortho nitro benzene ring substituents is 1. The number of nitro benzene ring substituents is 1. The highest BCUT2D eigenvalue weighted by Gasteiger charge is 2.16. The topological polar surface area (TPSA) is 131 Å². The maximum absolute atomic E-state index is 12.2. The monoisotopic (exact) mass is 420 g/mol. The summed E-state index contributed by atoms with van der Waals surface area (Å²) in [5.74, 6) is -0.372. The van der Waals surface area contributed by atoms with E-state index >= 15 is 0 Å². The molecule has 0 spiro atoms. The number of rotatable bonds is 7. The van der Waals surface area contributed by atoms with Crippen LogP contribution in [0.25, 0.3) is 10.2 Å². The standard InChI is InChI=1S/C17H16N4O5S2/c1-11-3-2-4-14-16(11)20-17(27-14)19-15(22)9-10-18-28(25,26)13-7-5-12(6-8-13)21(23)24/h2-8,18H,9-10H2,1H3,(H,19,20,22). The molecule has 0 radical (unpaired) electrons. The van der Waals surface area contributed by atoms with Gasteiger partial charge in [-0.2, -0.15) is 0 Å². The van der Waals surface area contributed by atoms with E-state index in [-0.39, 0.29) is 29.5 Å². The summed E-state index contributed by atoms with van der Waals surface area (Å²) < 4.78 is 27.6. The van der Waals surface area contributed by atoms with Crippen LogP contribution < -0.4 is 10.0 Å². The Labute approximate surface area is 164 Å². The summed E-state index contributed by atoms with van der Waals surface area (Å²) in [6.45, 7) is 1.82. The van der Waals surface area contributed by atoms with Gasteiger partial charge in [0.1, 0.15) is 0 Å². The number of nitrogens with one attached hydrogen (secondary N) is 2. The Morgan fingerprint density at radius 1 is 1.21 bits per heavy atom. The Kier molecular flexibility index (Phi) is 5.68. The minimum absolute atomic E-state index is 0.0822. The van der Waals surface area contributed by atoms with E-state index in [1.54, 1.807) is 0 Å². The first-order chi connectivity index (χ1) is 13.3. The number of para-hydroxylation sites is 1. The van der Waals surface area contributed by atoms with Gasteiger partial charge >= 0.3 is 0 Å². The smallest absolute Gasteiger partial charge is 0.269 e. The predicted octanol–water partition coefficient (Wildman–Crippen LogP) is 2.82. The molecule has 0 fully saturated rings. The van der Waals surface area contributed by atoms with Gasteiger partial charge in [0.05, 0.1) is 20.0 Å². The molecule has 2 N–H and O–H groups in total. The van der Waals surface area contributed by atoms with Crippen LogP contribution in [0.1, 0.15) is 12.0 Å². The number of sulfonamides is 1. The Balaban J connectivity index is 1.56. The lowest BCUT2D eigenvalue weighted by Crippen LogP contribution is -2.27. The van der Waals surface area contributed by atoms with Crippen molar-refractivity contribution in [2.24, 2.45) is 0 Å². The fourth-order valence-corrected chi connectivity index (χ4v) is 4.44. The van der Waals surface area contributed by atoms with Gasteiger partial charge in [-0.15, -0.1) is 0 Å². The van der Waals surface area contributed by atoms with E-state index in [0.717, 1.165) is 40.0 Å². The summed E-state index contributed by atoms with van der Waals surface area (Å²) in [7, 11) is -3.86. The zero-order valence-corrected chi connectivity index (χ0v) is 16.3. The van der Waals surface area contributed by atoms with Gasteiger partial charge in [-0.3, -0.25) is 14.9 Å². The number of carbonyl (C=O) groups is 1. The number of hydrogen-bond acceptors (Lipinski definition) is 7. The number of amides is 1. The summed E-state index contributed by atoms with van der Waals surface area (Å²) in [5.41, 5.74) is 1.62. The third kappa shape index (κ3) is 4.50. The van der Waals surface area contributed by atoms with E-state index in [4.69, 9.17) is 0 Å². The summed E-state index contributed by atoms with van der Waals surface area (Å²) in [6, 6.07) is 10.3. The number of nitro groups is 1. The van der Waals surface area contributed by atoms with Crippen LogP contribution in [0.3, 0.4) is 0 Å². The Morgan fingerprint density at radius 3 is 2.57 bits per heavy atom. The molecular weight excluding hydrogens is 404 g/mol. The summed E-state index contributed by atoms with van der Waals surface area (Å²) in [6.07, 6.45) is -0.0822. The highest BCUT2D eigenvalue weighted by Crippen LogP contribution is 2.27. The zero-order chi connectivity index (χ0) is 20.3. The van der Waals surface area contributed by atoms with Gasteiger partial charge in [0.15, 0.2) is 5.13 Å². The van der Waals surface area contributed by atoms with Crippen LogP contribution in [0.15, 0.2) is 47.4 Å². The molecule has 0 saturated carbocycles. The summed E-state index contributed by atoms with van der Waals surface area (Å²) in [4.78, 5) is 26.3. The third-order valence-electron chi connectivity index (χ3n) is 3.87. The van der Waals surface area contributed by atoms with Crippen molar-refractivity contribution in [2.75, 3.05) is 11.9 Å². The highest BCUT2D eigenvalue weighted by molar-refractivity contribution is 7.89. The van der Waals surface area contributed by atoms with Crippen LogP contribution in [0.5, 0.6) is 0 Å². The van der Waals surface area contributed by atoms with E-state index in [2.05, 4.69) is 15.0 Å². The molecule has 0 unspecified atom stereocenters. The van der Waals surface area contributed by atoms with E-state index < -0.39 is 14.9 Å². The molecule has 1 aromatic heterocycles. The minimum Gasteiger partial charge on any atom is -0.302 e. The predicted molar refractivity (Wildman–Crippen MR) is 106 cm³/mol. The van der Waals surface area contributed by atoms with Crippen LogP contribution in [-0.4, -0.2) is 30.8 Å². The van der Waals surface area contributed by atoms with Crippen molar-refractivity contribution in [1.29, 1.82) is 0 Å². The van der Waals surface area contributed by atoms with Crippen molar-refractivity contribution >= 4 is 48.3 Å². The first-order valence-electron chi connectivity index (χ1n) is 8.16. The van der Waals surface area contributed by atoms with Crippen LogP contribution >= 0.6 is 11.3 Å². The van der Waals surface area contributed by atoms with Crippen molar-refractivity contribution in [3.63, 3.8) is 0 Å². The number of aromatic nitrogens is 1. The van der Waals surface area contributed by atoms with Crippen molar-refractivity contribution in [3.8, 4) is 0 Å². The largest absolute Gasteiger partial charge is 0.302 e. The average molecular weight is 420 g/mol. The van der Waals surface area contributed by atoms with Gasteiger partial charge in [-0.25, -0.2) is 18.1 Å². The fourth-order valence-electron chi connectivity index (χ4n) is 2.45. The molecule has 9 nitrogen and oxygen atoms in total. The molecule has 0 aliphatic heterocycles. The molecule has 11 heteroatoms. The molecule has 0 aliphatic rings. The highest BCUT2D eigenvalue weighted by atomic mass is 32.2. The second-order valence-corrected chi connectivity index (χ2v) is 8.69. The van der Waals surface area contributed by atoms with Gasteiger partial charge in [-0.05, 0) is 30.7 Å². The lowest BCUT2D eigenvalue weighted by atomic mass is 10.2. The lowest BCUT2D eigenvalue weighted by molar-refractivity contribution is -0.384. The number of thiazole rings is 1. The average Bonchev–Trinajstić information content (AvgIpc) is 3.05. The van der Waals surface area contributed by atoms with Crippen LogP contribution in [0.4, 0.5) is 10.8 Å². The molecule has 0 bridgehead atoms. The number of nitrogens with zero attached hydrogens (tertiary/aromatic N) is 2. The third-order valence-corrected chi connectivity index (χ3v) is 6.28. The SMILES string of the molecule is Cc1cccc2sc(NC(=O)CCNS(=O)(=O)c3ccc([N+](=O)[O-])cc3)nc12. The van der Waals surface area contributed by atoms with Gasteiger partial charge in [0, 0.05) is 25.1 Å². The summed E-state index contributed by atoms with van der Waals surface area (Å²) >= 11 is 1.34. The number of fused-ring (bicyclic) bond motifs is 1. The lowest BCUT2D eigenvalue weighted by Gasteiger charge is -2.06. The molecule has 1 heterocycles. The number of aryl methyl sites for hydroxylation is 1. The van der Waals surface area contributed by atoms with E-state index in [0.29, 0.717) is 5.13 Å². The maximum atomic E-state index is 12.2. The Hall–Kier alpha value is -2.89. The molecule has 0 saturated heterocycles. The number of anilines is 1. The molecule has 146 valence electrons.